The first-order valence-corrected chi connectivity index (χ1v) is 7.59. The Morgan fingerprint density at radius 3 is 2.39 bits per heavy atom. The second-order valence-electron chi connectivity index (χ2n) is 4.84. The van der Waals surface area contributed by atoms with Gasteiger partial charge < -0.3 is 15.2 Å². The van der Waals surface area contributed by atoms with Crippen molar-refractivity contribution in [2.75, 3.05) is 11.9 Å². The van der Waals surface area contributed by atoms with E-state index in [2.05, 4.69) is 17.6 Å². The molecule has 6 heteroatoms. The number of hydrogen-bond donors (Lipinski definition) is 3. The zero-order chi connectivity index (χ0) is 16.7. The molecule has 2 rings (SSSR count). The standard InChI is InChI=1S/C17H18N2O3S/c1-2-12-3-9-15(10-4-12)22-11-16(21)19-17(23)18-13-5-7-14(20)8-6-13/h3-10,20H,2,11H2,1H3,(H2,18,19,21,23). The highest BCUT2D eigenvalue weighted by Crippen LogP contribution is 2.14. The highest BCUT2D eigenvalue weighted by atomic mass is 32.1. The smallest absolute Gasteiger partial charge is 0.264 e. The molecule has 3 N–H and O–H groups in total. The fourth-order valence-corrected chi connectivity index (χ4v) is 2.07. The minimum atomic E-state index is -0.346. The van der Waals surface area contributed by atoms with Crippen molar-refractivity contribution in [1.29, 1.82) is 0 Å². The quantitative estimate of drug-likeness (QED) is 0.581. The van der Waals surface area contributed by atoms with E-state index in [9.17, 15) is 9.90 Å². The fourth-order valence-electron chi connectivity index (χ4n) is 1.84. The van der Waals surface area contributed by atoms with Crippen LogP contribution in [0.4, 0.5) is 5.69 Å². The van der Waals surface area contributed by atoms with Crippen molar-refractivity contribution in [1.82, 2.24) is 5.32 Å². The second kappa shape index (κ2) is 8.14. The van der Waals surface area contributed by atoms with Crippen LogP contribution in [0.5, 0.6) is 11.5 Å². The number of phenolic OH excluding ortho intramolecular Hbond substituents is 1. The number of anilines is 1. The molecular weight excluding hydrogens is 312 g/mol. The van der Waals surface area contributed by atoms with Crippen molar-refractivity contribution in [3.8, 4) is 11.5 Å². The summed E-state index contributed by atoms with van der Waals surface area (Å²) in [7, 11) is 0. The van der Waals surface area contributed by atoms with Gasteiger partial charge in [-0.1, -0.05) is 19.1 Å². The van der Waals surface area contributed by atoms with E-state index in [1.807, 2.05) is 24.3 Å². The van der Waals surface area contributed by atoms with Crippen molar-refractivity contribution >= 4 is 28.9 Å². The molecule has 0 atom stereocenters. The van der Waals surface area contributed by atoms with Gasteiger partial charge in [-0.05, 0) is 60.6 Å². The Balaban J connectivity index is 1.77. The molecule has 0 aliphatic carbocycles. The van der Waals surface area contributed by atoms with Crippen molar-refractivity contribution < 1.29 is 14.6 Å². The van der Waals surface area contributed by atoms with Crippen LogP contribution in [0.2, 0.25) is 0 Å². The van der Waals surface area contributed by atoms with E-state index in [0.29, 0.717) is 11.4 Å². The Labute approximate surface area is 140 Å². The van der Waals surface area contributed by atoms with Gasteiger partial charge in [0.1, 0.15) is 11.5 Å². The van der Waals surface area contributed by atoms with Crippen LogP contribution in [0, 0.1) is 0 Å². The molecular formula is C17H18N2O3S. The number of thiocarbonyl (C=S) groups is 1. The summed E-state index contributed by atoms with van der Waals surface area (Å²) in [5, 5.41) is 14.7. The first kappa shape index (κ1) is 16.8. The Morgan fingerprint density at radius 2 is 1.78 bits per heavy atom. The maximum atomic E-state index is 11.8. The zero-order valence-corrected chi connectivity index (χ0v) is 13.5. The third kappa shape index (κ3) is 5.60. The number of carbonyl (C=O) groups excluding carboxylic acids is 1. The van der Waals surface area contributed by atoms with Gasteiger partial charge in [0.15, 0.2) is 11.7 Å². The van der Waals surface area contributed by atoms with Gasteiger partial charge in [0.05, 0.1) is 0 Å². The molecule has 0 unspecified atom stereocenters. The molecule has 1 amide bonds. The van der Waals surface area contributed by atoms with Crippen molar-refractivity contribution in [2.45, 2.75) is 13.3 Å². The lowest BCUT2D eigenvalue weighted by atomic mass is 10.2. The molecule has 0 saturated carbocycles. The van der Waals surface area contributed by atoms with Gasteiger partial charge in [-0.15, -0.1) is 0 Å². The molecule has 0 aliphatic heterocycles. The molecule has 0 fully saturated rings. The molecule has 0 spiro atoms. The number of benzene rings is 2. The largest absolute Gasteiger partial charge is 0.508 e. The number of nitrogens with one attached hydrogen (secondary N) is 2. The van der Waals surface area contributed by atoms with E-state index in [4.69, 9.17) is 17.0 Å². The van der Waals surface area contributed by atoms with E-state index in [-0.39, 0.29) is 23.4 Å². The molecule has 0 bridgehead atoms. The molecule has 0 aliphatic rings. The normalized spacial score (nSPS) is 9.96. The lowest BCUT2D eigenvalue weighted by Crippen LogP contribution is -2.37. The van der Waals surface area contributed by atoms with Crippen LogP contribution < -0.4 is 15.4 Å². The van der Waals surface area contributed by atoms with Crippen LogP contribution in [0.3, 0.4) is 0 Å². The molecule has 0 aromatic heterocycles. The van der Waals surface area contributed by atoms with Crippen LogP contribution in [0.1, 0.15) is 12.5 Å². The Morgan fingerprint density at radius 1 is 1.13 bits per heavy atom. The van der Waals surface area contributed by atoms with Crippen LogP contribution in [0.25, 0.3) is 0 Å². The Kier molecular flexibility index (Phi) is 5.94. The molecule has 120 valence electrons. The number of aryl methyl sites for hydroxylation is 1. The summed E-state index contributed by atoms with van der Waals surface area (Å²) in [6, 6.07) is 13.9. The number of hydrogen-bond acceptors (Lipinski definition) is 4. The number of ether oxygens (including phenoxy) is 1. The van der Waals surface area contributed by atoms with Gasteiger partial charge in [-0.25, -0.2) is 0 Å². The van der Waals surface area contributed by atoms with Crippen molar-refractivity contribution in [3.63, 3.8) is 0 Å². The van der Waals surface area contributed by atoms with Gasteiger partial charge in [0.2, 0.25) is 0 Å². The Bertz CT molecular complexity index is 669. The number of carbonyl (C=O) groups is 1. The van der Waals surface area contributed by atoms with Gasteiger partial charge >= 0.3 is 0 Å². The summed E-state index contributed by atoms with van der Waals surface area (Å²) in [5.41, 5.74) is 1.88. The lowest BCUT2D eigenvalue weighted by molar-refractivity contribution is -0.121. The molecule has 2 aromatic carbocycles. The molecule has 23 heavy (non-hydrogen) atoms. The summed E-state index contributed by atoms with van der Waals surface area (Å²) in [4.78, 5) is 11.8. The van der Waals surface area contributed by atoms with E-state index in [1.54, 1.807) is 12.1 Å². The maximum Gasteiger partial charge on any atom is 0.264 e. The third-order valence-electron chi connectivity index (χ3n) is 3.08. The first-order chi connectivity index (χ1) is 11.1. The van der Waals surface area contributed by atoms with E-state index in [0.717, 1.165) is 6.42 Å². The van der Waals surface area contributed by atoms with Gasteiger partial charge in [0.25, 0.3) is 5.91 Å². The van der Waals surface area contributed by atoms with E-state index in [1.165, 1.54) is 17.7 Å². The minimum absolute atomic E-state index is 0.122. The number of amides is 1. The van der Waals surface area contributed by atoms with Crippen molar-refractivity contribution in [2.24, 2.45) is 0 Å². The molecule has 5 nitrogen and oxygen atoms in total. The molecule has 0 radical (unpaired) electrons. The molecule has 0 saturated heterocycles. The lowest BCUT2D eigenvalue weighted by Gasteiger charge is -2.10. The monoisotopic (exact) mass is 330 g/mol. The van der Waals surface area contributed by atoms with Crippen molar-refractivity contribution in [3.05, 3.63) is 54.1 Å². The number of phenols is 1. The number of rotatable bonds is 5. The predicted octanol–water partition coefficient (Wildman–Crippen LogP) is 2.85. The predicted molar refractivity (Wildman–Crippen MR) is 93.8 cm³/mol. The van der Waals surface area contributed by atoms with Gasteiger partial charge in [0, 0.05) is 5.69 Å². The van der Waals surface area contributed by atoms with Gasteiger partial charge in [-0.2, -0.15) is 0 Å². The second-order valence-corrected chi connectivity index (χ2v) is 5.24. The number of aromatic hydroxyl groups is 1. The SMILES string of the molecule is CCc1ccc(OCC(=O)NC(=S)Nc2ccc(O)cc2)cc1. The van der Waals surface area contributed by atoms with Crippen LogP contribution in [-0.4, -0.2) is 22.7 Å². The van der Waals surface area contributed by atoms with E-state index < -0.39 is 0 Å². The average Bonchev–Trinajstić information content (AvgIpc) is 2.55. The summed E-state index contributed by atoms with van der Waals surface area (Å²) in [6.45, 7) is 1.95. The van der Waals surface area contributed by atoms with E-state index >= 15 is 0 Å². The summed E-state index contributed by atoms with van der Waals surface area (Å²) < 4.78 is 5.40. The summed E-state index contributed by atoms with van der Waals surface area (Å²) >= 11 is 5.05. The first-order valence-electron chi connectivity index (χ1n) is 7.18. The minimum Gasteiger partial charge on any atom is -0.508 e. The highest BCUT2D eigenvalue weighted by molar-refractivity contribution is 7.80. The summed E-state index contributed by atoms with van der Waals surface area (Å²) in [5.74, 6) is 0.448. The Hall–Kier alpha value is -2.60. The van der Waals surface area contributed by atoms with Crippen LogP contribution in [-0.2, 0) is 11.2 Å². The molecule has 2 aromatic rings. The maximum absolute atomic E-state index is 11.8. The van der Waals surface area contributed by atoms with Gasteiger partial charge in [-0.3, -0.25) is 10.1 Å². The fraction of sp³-hybridized carbons (Fsp3) is 0.176. The topological polar surface area (TPSA) is 70.6 Å². The molecule has 0 heterocycles. The highest BCUT2D eigenvalue weighted by Gasteiger charge is 2.06. The zero-order valence-electron chi connectivity index (χ0n) is 12.7. The third-order valence-corrected chi connectivity index (χ3v) is 3.28. The van der Waals surface area contributed by atoms with Crippen LogP contribution >= 0.6 is 12.2 Å². The average molecular weight is 330 g/mol. The summed E-state index contributed by atoms with van der Waals surface area (Å²) in [6.07, 6.45) is 0.956. The van der Waals surface area contributed by atoms with Crippen LogP contribution in [0.15, 0.2) is 48.5 Å².